The number of amides is 1. The molecule has 1 aromatic heterocycles. The van der Waals surface area contributed by atoms with E-state index in [9.17, 15) is 15.0 Å². The molecule has 184 valence electrons. The Morgan fingerprint density at radius 2 is 2.11 bits per heavy atom. The highest BCUT2D eigenvalue weighted by atomic mass is 16.5. The van der Waals surface area contributed by atoms with Crippen LogP contribution in [0.1, 0.15) is 49.0 Å². The summed E-state index contributed by atoms with van der Waals surface area (Å²) in [5.41, 5.74) is 0.592. The molecule has 3 heterocycles. The third-order valence-electron chi connectivity index (χ3n) is 9.51. The highest BCUT2D eigenvalue weighted by Gasteiger charge is 2.73. The molecule has 2 aromatic rings. The van der Waals surface area contributed by atoms with Gasteiger partial charge < -0.3 is 24.3 Å². The predicted octanol–water partition coefficient (Wildman–Crippen LogP) is 3.09. The van der Waals surface area contributed by atoms with Gasteiger partial charge in [-0.3, -0.25) is 9.69 Å². The van der Waals surface area contributed by atoms with Gasteiger partial charge in [-0.25, -0.2) is 0 Å². The number of furan rings is 1. The number of likely N-dealkylation sites (N-methyl/N-ethyl adjacent to an activating group) is 1. The van der Waals surface area contributed by atoms with E-state index in [1.54, 1.807) is 29.4 Å². The van der Waals surface area contributed by atoms with E-state index in [2.05, 4.69) is 4.90 Å². The van der Waals surface area contributed by atoms with E-state index in [1.807, 2.05) is 19.2 Å². The van der Waals surface area contributed by atoms with Crippen molar-refractivity contribution in [1.82, 2.24) is 9.80 Å². The molecule has 2 bridgehead atoms. The molecule has 3 fully saturated rings. The topological polar surface area (TPSA) is 86.4 Å². The first-order chi connectivity index (χ1) is 16.9. The normalized spacial score (nSPS) is 35.1. The molecule has 7 rings (SSSR count). The van der Waals surface area contributed by atoms with Gasteiger partial charge in [-0.15, -0.1) is 0 Å². The smallest absolute Gasteiger partial charge is 0.246 e. The lowest BCUT2D eigenvalue weighted by atomic mass is 9.48. The number of piperidine rings is 1. The molecule has 3 aliphatic carbocycles. The number of aliphatic hydroxyl groups is 1. The first kappa shape index (κ1) is 21.5. The monoisotopic (exact) mass is 476 g/mol. The summed E-state index contributed by atoms with van der Waals surface area (Å²) in [7, 11) is 1.82. The Labute approximate surface area is 205 Å². The number of phenols is 1. The Hall–Kier alpha value is -2.77. The molecule has 5 atom stereocenters. The minimum absolute atomic E-state index is 0.0340. The maximum atomic E-state index is 13.2. The second kappa shape index (κ2) is 7.37. The lowest BCUT2D eigenvalue weighted by Crippen LogP contribution is -2.78. The molecule has 2 N–H and O–H groups in total. The number of hydrogen-bond donors (Lipinski definition) is 2. The Bertz CT molecular complexity index is 1200. The number of nitrogens with zero attached hydrogens (tertiary/aromatic N) is 2. The molecule has 1 aromatic carbocycles. The molecular weight excluding hydrogens is 444 g/mol. The van der Waals surface area contributed by atoms with Gasteiger partial charge in [-0.1, -0.05) is 6.07 Å². The van der Waals surface area contributed by atoms with E-state index in [1.165, 1.54) is 24.5 Å². The number of carbonyl (C=O) groups is 1. The third kappa shape index (κ3) is 2.88. The average molecular weight is 477 g/mol. The molecule has 35 heavy (non-hydrogen) atoms. The van der Waals surface area contributed by atoms with Crippen LogP contribution >= 0.6 is 0 Å². The van der Waals surface area contributed by atoms with E-state index >= 15 is 0 Å². The zero-order valence-electron chi connectivity index (χ0n) is 20.0. The molecule has 0 radical (unpaired) electrons. The van der Waals surface area contributed by atoms with Crippen molar-refractivity contribution in [2.75, 3.05) is 20.1 Å². The van der Waals surface area contributed by atoms with Crippen LogP contribution in [0.15, 0.2) is 41.0 Å². The van der Waals surface area contributed by atoms with Crippen LogP contribution in [0.4, 0.5) is 0 Å². The fraction of sp³-hybridized carbons (Fsp3) is 0.536. The van der Waals surface area contributed by atoms with E-state index in [0.717, 1.165) is 37.4 Å². The quantitative estimate of drug-likeness (QED) is 0.645. The van der Waals surface area contributed by atoms with Gasteiger partial charge in [0.15, 0.2) is 11.5 Å². The van der Waals surface area contributed by atoms with Crippen LogP contribution in [0.5, 0.6) is 11.5 Å². The fourth-order valence-electron chi connectivity index (χ4n) is 7.67. The van der Waals surface area contributed by atoms with Crippen molar-refractivity contribution >= 4 is 12.0 Å². The standard InChI is InChI=1S/C28H32N2O5/c1-29(23(32)9-7-19-3-2-14-34-19)20-10-11-28(33)22-15-18-6-8-21(31)25-24(18)27(28,26(20)35-25)12-13-30(22)16-17-4-5-17/h2-3,6-9,14,17,20,22,26,31,33H,4-5,10-13,15-16H2,1H3/b9-7+/t20?,22-,26?,27+,28-/m1/s1. The van der Waals surface area contributed by atoms with Gasteiger partial charge in [-0.05, 0) is 80.8 Å². The summed E-state index contributed by atoms with van der Waals surface area (Å²) < 4.78 is 11.9. The number of hydrogen-bond acceptors (Lipinski definition) is 6. The fourth-order valence-corrected chi connectivity index (χ4v) is 7.67. The van der Waals surface area contributed by atoms with Crippen LogP contribution in [0.3, 0.4) is 0 Å². The van der Waals surface area contributed by atoms with Crippen LogP contribution in [-0.2, 0) is 16.6 Å². The highest BCUT2D eigenvalue weighted by molar-refractivity contribution is 5.91. The maximum absolute atomic E-state index is 13.2. The van der Waals surface area contributed by atoms with Crippen molar-refractivity contribution in [1.29, 1.82) is 0 Å². The first-order valence-corrected chi connectivity index (χ1v) is 12.9. The second-order valence-electron chi connectivity index (χ2n) is 11.2. The Kier molecular flexibility index (Phi) is 4.53. The van der Waals surface area contributed by atoms with Gasteiger partial charge in [-0.2, -0.15) is 0 Å². The van der Waals surface area contributed by atoms with Crippen molar-refractivity contribution in [3.05, 3.63) is 53.5 Å². The minimum Gasteiger partial charge on any atom is -0.504 e. The molecule has 1 spiro atoms. The number of ether oxygens (including phenoxy) is 1. The van der Waals surface area contributed by atoms with Crippen molar-refractivity contribution in [3.8, 4) is 11.5 Å². The summed E-state index contributed by atoms with van der Waals surface area (Å²) in [6.07, 6.45) is 9.76. The highest BCUT2D eigenvalue weighted by Crippen LogP contribution is 2.66. The van der Waals surface area contributed by atoms with Crippen LogP contribution < -0.4 is 4.74 Å². The molecular formula is C28H32N2O5. The van der Waals surface area contributed by atoms with Gasteiger partial charge in [0.2, 0.25) is 5.91 Å². The van der Waals surface area contributed by atoms with E-state index in [4.69, 9.17) is 9.15 Å². The Morgan fingerprint density at radius 1 is 1.26 bits per heavy atom. The molecule has 7 heteroatoms. The van der Waals surface area contributed by atoms with E-state index in [-0.39, 0.29) is 23.7 Å². The van der Waals surface area contributed by atoms with Crippen molar-refractivity contribution in [2.24, 2.45) is 5.92 Å². The average Bonchev–Trinajstić information content (AvgIpc) is 3.36. The number of benzene rings is 1. The number of aromatic hydroxyl groups is 1. The summed E-state index contributed by atoms with van der Waals surface area (Å²) in [6.45, 7) is 1.95. The molecule has 7 nitrogen and oxygen atoms in total. The first-order valence-electron chi connectivity index (χ1n) is 12.9. The summed E-state index contributed by atoms with van der Waals surface area (Å²) in [5.74, 6) is 1.88. The SMILES string of the molecule is CN(C(=O)/C=C/c1ccco1)C1CC[C@@]2(O)[C@H]3Cc4ccc(O)c5c4[C@@]2(CCN3CC2CC2)C1O5. The van der Waals surface area contributed by atoms with Gasteiger partial charge >= 0.3 is 0 Å². The molecule has 5 aliphatic rings. The minimum atomic E-state index is -0.943. The lowest BCUT2D eigenvalue weighted by molar-refractivity contribution is -0.200. The maximum Gasteiger partial charge on any atom is 0.246 e. The third-order valence-corrected chi connectivity index (χ3v) is 9.51. The van der Waals surface area contributed by atoms with Gasteiger partial charge in [0, 0.05) is 31.3 Å². The van der Waals surface area contributed by atoms with Crippen molar-refractivity contribution < 1.29 is 24.2 Å². The lowest BCUT2D eigenvalue weighted by Gasteiger charge is -2.64. The molecule has 2 unspecified atom stereocenters. The van der Waals surface area contributed by atoms with Crippen molar-refractivity contribution in [2.45, 2.75) is 67.7 Å². The van der Waals surface area contributed by atoms with Gasteiger partial charge in [0.05, 0.1) is 23.3 Å². The van der Waals surface area contributed by atoms with Gasteiger partial charge in [0.25, 0.3) is 0 Å². The van der Waals surface area contributed by atoms with E-state index in [0.29, 0.717) is 24.4 Å². The molecule has 2 saturated carbocycles. The summed E-state index contributed by atoms with van der Waals surface area (Å²) in [6, 6.07) is 7.16. The number of rotatable bonds is 5. The molecule has 1 amide bonds. The summed E-state index contributed by atoms with van der Waals surface area (Å²) in [4.78, 5) is 17.5. The number of carbonyl (C=O) groups excluding carboxylic acids is 1. The summed E-state index contributed by atoms with van der Waals surface area (Å²) >= 11 is 0. The van der Waals surface area contributed by atoms with E-state index < -0.39 is 17.1 Å². The zero-order chi connectivity index (χ0) is 23.9. The molecule has 1 saturated heterocycles. The van der Waals surface area contributed by atoms with Crippen LogP contribution in [0, 0.1) is 5.92 Å². The van der Waals surface area contributed by atoms with Crippen molar-refractivity contribution in [3.63, 3.8) is 0 Å². The number of likely N-dealkylation sites (tertiary alicyclic amines) is 1. The number of phenolic OH excluding ortho intramolecular Hbond substituents is 1. The zero-order valence-corrected chi connectivity index (χ0v) is 20.0. The largest absolute Gasteiger partial charge is 0.504 e. The second-order valence-corrected chi connectivity index (χ2v) is 11.2. The van der Waals surface area contributed by atoms with Crippen LogP contribution in [0.2, 0.25) is 0 Å². The van der Waals surface area contributed by atoms with Crippen LogP contribution in [0.25, 0.3) is 6.08 Å². The van der Waals surface area contributed by atoms with Gasteiger partial charge in [0.1, 0.15) is 11.9 Å². The predicted molar refractivity (Wildman–Crippen MR) is 129 cm³/mol. The summed E-state index contributed by atoms with van der Waals surface area (Å²) in [5, 5.41) is 23.3. The Balaban J connectivity index is 1.28. The van der Waals surface area contributed by atoms with Crippen LogP contribution in [-0.4, -0.2) is 69.8 Å². The molecule has 2 aliphatic heterocycles. The Morgan fingerprint density at radius 3 is 2.89 bits per heavy atom.